The van der Waals surface area contributed by atoms with Crippen molar-refractivity contribution >= 4 is 38.4 Å². The van der Waals surface area contributed by atoms with Gasteiger partial charge < -0.3 is 9.88 Å². The third-order valence-corrected chi connectivity index (χ3v) is 6.97. The first-order valence-corrected chi connectivity index (χ1v) is 12.3. The summed E-state index contributed by atoms with van der Waals surface area (Å²) in [6.45, 7) is 0.813. The van der Waals surface area contributed by atoms with Crippen molar-refractivity contribution < 1.29 is 13.2 Å². The lowest BCUT2D eigenvalue weighted by molar-refractivity contribution is -0.137. The van der Waals surface area contributed by atoms with E-state index in [1.54, 1.807) is 30.1 Å². The lowest BCUT2D eigenvalue weighted by Gasteiger charge is -2.11. The van der Waals surface area contributed by atoms with Crippen molar-refractivity contribution in [3.63, 3.8) is 0 Å². The van der Waals surface area contributed by atoms with Crippen molar-refractivity contribution in [2.75, 3.05) is 5.32 Å². The minimum atomic E-state index is -4.37. The van der Waals surface area contributed by atoms with Gasteiger partial charge in [0.15, 0.2) is 17.3 Å². The number of hydrogen-bond donors (Lipinski definition) is 1. The highest BCUT2D eigenvalue weighted by atomic mass is 32.1. The normalized spacial score (nSPS) is 11.9. The number of nitrogens with zero attached hydrogens (tertiary/aromatic N) is 5. The molecule has 1 N–H and O–H groups in total. The maximum Gasteiger partial charge on any atom is 0.416 e. The van der Waals surface area contributed by atoms with Gasteiger partial charge in [-0.1, -0.05) is 36.4 Å². The van der Waals surface area contributed by atoms with E-state index >= 15 is 0 Å². The lowest BCUT2D eigenvalue weighted by Crippen LogP contribution is -2.07. The van der Waals surface area contributed by atoms with Crippen molar-refractivity contribution in [3.8, 4) is 11.4 Å². The molecule has 0 saturated carbocycles. The molecule has 0 saturated heterocycles. The van der Waals surface area contributed by atoms with Gasteiger partial charge in [-0.3, -0.25) is 4.98 Å². The van der Waals surface area contributed by atoms with Gasteiger partial charge in [0, 0.05) is 40.0 Å². The van der Waals surface area contributed by atoms with Crippen LogP contribution in [-0.2, 0) is 19.3 Å². The van der Waals surface area contributed by atoms with E-state index in [1.165, 1.54) is 12.1 Å². The van der Waals surface area contributed by atoms with Crippen LogP contribution >= 0.6 is 11.3 Å². The minimum Gasteiger partial charge on any atom is -0.364 e. The van der Waals surface area contributed by atoms with Crippen molar-refractivity contribution in [2.24, 2.45) is 0 Å². The van der Waals surface area contributed by atoms with Gasteiger partial charge in [0.25, 0.3) is 0 Å². The van der Waals surface area contributed by atoms with Crippen LogP contribution in [0.15, 0.2) is 84.8 Å². The molecule has 0 radical (unpaired) electrons. The number of halogens is 3. The van der Waals surface area contributed by atoms with Gasteiger partial charge in [0.1, 0.15) is 5.52 Å². The summed E-state index contributed by atoms with van der Waals surface area (Å²) in [5, 5.41) is 6.46. The van der Waals surface area contributed by atoms with E-state index in [0.29, 0.717) is 41.5 Å². The molecule has 10 heteroatoms. The molecule has 0 unspecified atom stereocenters. The number of hydrogen-bond acceptors (Lipinski definition) is 6. The van der Waals surface area contributed by atoms with Gasteiger partial charge in [0.05, 0.1) is 18.4 Å². The molecule has 0 aliphatic carbocycles. The molecule has 4 aromatic heterocycles. The molecule has 0 fully saturated rings. The number of imidazole rings is 1. The van der Waals surface area contributed by atoms with Crippen LogP contribution in [0.5, 0.6) is 0 Å². The number of fused-ring (bicyclic) bond motifs is 2. The van der Waals surface area contributed by atoms with Crippen molar-refractivity contribution in [1.29, 1.82) is 0 Å². The Balaban J connectivity index is 1.42. The molecule has 0 amide bonds. The van der Waals surface area contributed by atoms with Gasteiger partial charge in [0.2, 0.25) is 0 Å². The highest BCUT2D eigenvalue weighted by Crippen LogP contribution is 2.34. The van der Waals surface area contributed by atoms with Crippen LogP contribution in [-0.4, -0.2) is 24.5 Å². The number of anilines is 1. The number of alkyl halides is 3. The summed E-state index contributed by atoms with van der Waals surface area (Å²) < 4.78 is 41.9. The highest BCUT2D eigenvalue weighted by molar-refractivity contribution is 7.17. The Hall–Kier alpha value is -4.31. The Kier molecular flexibility index (Phi) is 5.80. The summed E-state index contributed by atoms with van der Waals surface area (Å²) in [6, 6.07) is 17.0. The first kappa shape index (κ1) is 23.1. The molecule has 0 aliphatic rings. The number of rotatable bonds is 6. The maximum absolute atomic E-state index is 13.0. The molecule has 0 aliphatic heterocycles. The number of aromatic nitrogens is 5. The zero-order chi connectivity index (χ0) is 25.4. The second-order valence-corrected chi connectivity index (χ2v) is 9.41. The summed E-state index contributed by atoms with van der Waals surface area (Å²) in [6.07, 6.45) is 0.763. The van der Waals surface area contributed by atoms with Gasteiger partial charge in [-0.25, -0.2) is 15.0 Å². The van der Waals surface area contributed by atoms with Crippen LogP contribution in [0.3, 0.4) is 0 Å². The topological polar surface area (TPSA) is 68.5 Å². The van der Waals surface area contributed by atoms with Crippen LogP contribution in [0.2, 0.25) is 0 Å². The van der Waals surface area contributed by atoms with Gasteiger partial charge in [-0.05, 0) is 35.4 Å². The van der Waals surface area contributed by atoms with Crippen LogP contribution in [0.1, 0.15) is 16.7 Å². The smallest absolute Gasteiger partial charge is 0.364 e. The van der Waals surface area contributed by atoms with E-state index in [1.807, 2.05) is 40.3 Å². The summed E-state index contributed by atoms with van der Waals surface area (Å²) >= 11 is 1.62. The average molecular weight is 517 g/mol. The Morgan fingerprint density at radius 1 is 0.919 bits per heavy atom. The minimum absolute atomic E-state index is 0.317. The Morgan fingerprint density at radius 2 is 1.76 bits per heavy atom. The van der Waals surface area contributed by atoms with E-state index in [0.717, 1.165) is 33.3 Å². The largest absolute Gasteiger partial charge is 0.416 e. The van der Waals surface area contributed by atoms with E-state index in [-0.39, 0.29) is 0 Å². The maximum atomic E-state index is 13.0. The van der Waals surface area contributed by atoms with Gasteiger partial charge in [-0.15, -0.1) is 11.3 Å². The number of nitrogens with one attached hydrogen (secondary N) is 1. The van der Waals surface area contributed by atoms with E-state index in [4.69, 9.17) is 9.97 Å². The molecule has 0 bridgehead atoms. The van der Waals surface area contributed by atoms with Crippen LogP contribution in [0.4, 0.5) is 19.0 Å². The van der Waals surface area contributed by atoms with Crippen molar-refractivity contribution in [3.05, 3.63) is 101 Å². The third kappa shape index (κ3) is 4.63. The standard InChI is InChI=1S/C27H19F3N6S/c28-27(29,30)19-9-7-17(8-10-19)14-36-16-33-23-25(32-13-18-4-3-11-31-12-18)34-24(35-26(23)36)21-15-37-22-6-2-1-5-20(21)22/h1-12,15-16H,13-14H2,(H,32,34,35). The molecule has 0 atom stereocenters. The fourth-order valence-corrected chi connectivity index (χ4v) is 5.08. The summed E-state index contributed by atoms with van der Waals surface area (Å²) in [5.41, 5.74) is 3.10. The second kappa shape index (κ2) is 9.29. The quantitative estimate of drug-likeness (QED) is 0.264. The molecule has 4 heterocycles. The summed E-state index contributed by atoms with van der Waals surface area (Å²) in [7, 11) is 0. The van der Waals surface area contributed by atoms with E-state index in [9.17, 15) is 13.2 Å². The molecule has 184 valence electrons. The molecule has 0 spiro atoms. The highest BCUT2D eigenvalue weighted by Gasteiger charge is 2.30. The number of thiophene rings is 1. The Bertz CT molecular complexity index is 1690. The van der Waals surface area contributed by atoms with E-state index in [2.05, 4.69) is 21.4 Å². The zero-order valence-electron chi connectivity index (χ0n) is 19.3. The SMILES string of the molecule is FC(F)(F)c1ccc(Cn2cnc3c(NCc4cccnc4)nc(-c4csc5ccccc45)nc32)cc1. The summed E-state index contributed by atoms with van der Waals surface area (Å²) in [4.78, 5) is 18.4. The van der Waals surface area contributed by atoms with Crippen LogP contribution < -0.4 is 5.32 Å². The molecule has 2 aromatic carbocycles. The predicted molar refractivity (Wildman–Crippen MR) is 138 cm³/mol. The molecule has 6 nitrogen and oxygen atoms in total. The number of benzene rings is 2. The molecule has 6 aromatic rings. The Morgan fingerprint density at radius 3 is 2.54 bits per heavy atom. The van der Waals surface area contributed by atoms with Gasteiger partial charge >= 0.3 is 6.18 Å². The van der Waals surface area contributed by atoms with E-state index < -0.39 is 11.7 Å². The lowest BCUT2D eigenvalue weighted by atomic mass is 10.1. The molecular weight excluding hydrogens is 497 g/mol. The third-order valence-electron chi connectivity index (χ3n) is 6.00. The number of pyridine rings is 1. The fraction of sp³-hybridized carbons (Fsp3) is 0.111. The van der Waals surface area contributed by atoms with Crippen LogP contribution in [0, 0.1) is 0 Å². The average Bonchev–Trinajstić information content (AvgIpc) is 3.52. The first-order valence-electron chi connectivity index (χ1n) is 11.4. The zero-order valence-corrected chi connectivity index (χ0v) is 20.1. The molecular formula is C27H19F3N6S. The van der Waals surface area contributed by atoms with Crippen molar-refractivity contribution in [1.82, 2.24) is 24.5 Å². The summed E-state index contributed by atoms with van der Waals surface area (Å²) in [5.74, 6) is 1.12. The molecule has 6 rings (SSSR count). The predicted octanol–water partition coefficient (Wildman–Crippen LogP) is 6.78. The van der Waals surface area contributed by atoms with Gasteiger partial charge in [-0.2, -0.15) is 13.2 Å². The fourth-order valence-electron chi connectivity index (χ4n) is 4.14. The second-order valence-electron chi connectivity index (χ2n) is 8.50. The van der Waals surface area contributed by atoms with Crippen LogP contribution in [0.25, 0.3) is 32.6 Å². The molecule has 37 heavy (non-hydrogen) atoms. The first-order chi connectivity index (χ1) is 18.0. The monoisotopic (exact) mass is 516 g/mol. The van der Waals surface area contributed by atoms with Crippen molar-refractivity contribution in [2.45, 2.75) is 19.3 Å². The Labute approximate surface area is 213 Å².